The molecule has 1 atom stereocenters. The van der Waals surface area contributed by atoms with Gasteiger partial charge in [-0.25, -0.2) is 9.97 Å². The first-order valence-electron chi connectivity index (χ1n) is 7.47. The maximum atomic E-state index is 4.60. The van der Waals surface area contributed by atoms with E-state index in [1.807, 2.05) is 7.05 Å². The van der Waals surface area contributed by atoms with E-state index in [4.69, 9.17) is 0 Å². The number of anilines is 2. The Hall–Kier alpha value is -1.32. The summed E-state index contributed by atoms with van der Waals surface area (Å²) >= 11 is 0. The summed E-state index contributed by atoms with van der Waals surface area (Å²) < 4.78 is 0. The zero-order valence-corrected chi connectivity index (χ0v) is 12.6. The molecule has 106 valence electrons. The van der Waals surface area contributed by atoms with Crippen LogP contribution in [-0.2, 0) is 6.42 Å². The molecule has 0 aliphatic carbocycles. The van der Waals surface area contributed by atoms with Crippen LogP contribution in [0.4, 0.5) is 11.6 Å². The summed E-state index contributed by atoms with van der Waals surface area (Å²) in [6.07, 6.45) is 6.40. The number of rotatable bonds is 5. The molecule has 4 nitrogen and oxygen atoms in total. The van der Waals surface area contributed by atoms with E-state index < -0.39 is 0 Å². The van der Waals surface area contributed by atoms with Crippen LogP contribution in [0.5, 0.6) is 0 Å². The van der Waals surface area contributed by atoms with Crippen LogP contribution in [0.1, 0.15) is 45.6 Å². The number of nitrogens with zero attached hydrogens (tertiary/aromatic N) is 3. The number of aromatic nitrogens is 2. The maximum absolute atomic E-state index is 4.60. The SMILES string of the molecule is CCCc1c(NC)ncnc1N1CCCC1C(C)C. The average Bonchev–Trinajstić information content (AvgIpc) is 2.88. The minimum absolute atomic E-state index is 0.621. The van der Waals surface area contributed by atoms with Gasteiger partial charge in [-0.05, 0) is 25.2 Å². The second-order valence-corrected chi connectivity index (χ2v) is 5.67. The zero-order chi connectivity index (χ0) is 13.8. The lowest BCUT2D eigenvalue weighted by Gasteiger charge is -2.30. The quantitative estimate of drug-likeness (QED) is 0.885. The summed E-state index contributed by atoms with van der Waals surface area (Å²) in [4.78, 5) is 11.5. The third kappa shape index (κ3) is 2.82. The van der Waals surface area contributed by atoms with Gasteiger partial charge in [0.1, 0.15) is 18.0 Å². The highest BCUT2D eigenvalue weighted by molar-refractivity contribution is 5.59. The molecule has 0 saturated carbocycles. The lowest BCUT2D eigenvalue weighted by molar-refractivity contribution is 0.488. The summed E-state index contributed by atoms with van der Waals surface area (Å²) in [7, 11) is 1.94. The lowest BCUT2D eigenvalue weighted by Crippen LogP contribution is -2.35. The van der Waals surface area contributed by atoms with Crippen LogP contribution in [0.15, 0.2) is 6.33 Å². The summed E-state index contributed by atoms with van der Waals surface area (Å²) in [5.41, 5.74) is 1.28. The van der Waals surface area contributed by atoms with Gasteiger partial charge in [-0.15, -0.1) is 0 Å². The smallest absolute Gasteiger partial charge is 0.137 e. The summed E-state index contributed by atoms with van der Waals surface area (Å²) in [6, 6.07) is 0.621. The molecule has 1 saturated heterocycles. The molecule has 1 aliphatic heterocycles. The average molecular weight is 262 g/mol. The molecule has 0 aromatic carbocycles. The van der Waals surface area contributed by atoms with Gasteiger partial charge >= 0.3 is 0 Å². The van der Waals surface area contributed by atoms with E-state index in [0.29, 0.717) is 12.0 Å². The second-order valence-electron chi connectivity index (χ2n) is 5.67. The van der Waals surface area contributed by atoms with Crippen LogP contribution in [0.25, 0.3) is 0 Å². The van der Waals surface area contributed by atoms with Crippen molar-refractivity contribution in [3.8, 4) is 0 Å². The minimum Gasteiger partial charge on any atom is -0.373 e. The molecule has 1 unspecified atom stereocenters. The van der Waals surface area contributed by atoms with E-state index in [1.54, 1.807) is 6.33 Å². The third-order valence-corrected chi connectivity index (χ3v) is 4.00. The molecule has 4 heteroatoms. The molecule has 1 aromatic heterocycles. The topological polar surface area (TPSA) is 41.1 Å². The van der Waals surface area contributed by atoms with Crippen molar-refractivity contribution in [1.29, 1.82) is 0 Å². The highest BCUT2D eigenvalue weighted by Crippen LogP contribution is 2.33. The third-order valence-electron chi connectivity index (χ3n) is 4.00. The number of hydrogen-bond acceptors (Lipinski definition) is 4. The fraction of sp³-hybridized carbons (Fsp3) is 0.733. The van der Waals surface area contributed by atoms with E-state index >= 15 is 0 Å². The standard InChI is InChI=1S/C15H26N4/c1-5-7-12-14(16-4)17-10-18-15(12)19-9-6-8-13(19)11(2)3/h10-11,13H,5-9H2,1-4H3,(H,16,17,18). The molecular weight excluding hydrogens is 236 g/mol. The van der Waals surface area contributed by atoms with Gasteiger partial charge in [0.2, 0.25) is 0 Å². The maximum Gasteiger partial charge on any atom is 0.137 e. The van der Waals surface area contributed by atoms with Crippen LogP contribution in [-0.4, -0.2) is 29.6 Å². The highest BCUT2D eigenvalue weighted by atomic mass is 15.2. The van der Waals surface area contributed by atoms with Crippen molar-refractivity contribution in [1.82, 2.24) is 9.97 Å². The van der Waals surface area contributed by atoms with Crippen molar-refractivity contribution in [2.45, 2.75) is 52.5 Å². The van der Waals surface area contributed by atoms with Crippen molar-refractivity contribution in [2.24, 2.45) is 5.92 Å². The molecule has 2 heterocycles. The predicted molar refractivity (Wildman–Crippen MR) is 80.8 cm³/mol. The van der Waals surface area contributed by atoms with Gasteiger partial charge in [-0.3, -0.25) is 0 Å². The van der Waals surface area contributed by atoms with Crippen molar-refractivity contribution in [3.05, 3.63) is 11.9 Å². The Labute approximate surface area is 116 Å². The lowest BCUT2D eigenvalue weighted by atomic mass is 10.0. The molecule has 1 N–H and O–H groups in total. The fourth-order valence-corrected chi connectivity index (χ4v) is 3.09. The molecular formula is C15H26N4. The molecule has 0 amide bonds. The largest absolute Gasteiger partial charge is 0.373 e. The predicted octanol–water partition coefficient (Wildman–Crippen LogP) is 3.10. The molecule has 19 heavy (non-hydrogen) atoms. The first-order valence-corrected chi connectivity index (χ1v) is 7.47. The Morgan fingerprint density at radius 2 is 2.21 bits per heavy atom. The van der Waals surface area contributed by atoms with Gasteiger partial charge in [0.15, 0.2) is 0 Å². The van der Waals surface area contributed by atoms with Crippen LogP contribution in [0.2, 0.25) is 0 Å². The first kappa shape index (κ1) is 14.1. The van der Waals surface area contributed by atoms with E-state index in [9.17, 15) is 0 Å². The second kappa shape index (κ2) is 6.22. The van der Waals surface area contributed by atoms with Crippen LogP contribution >= 0.6 is 0 Å². The van der Waals surface area contributed by atoms with Crippen molar-refractivity contribution in [3.63, 3.8) is 0 Å². The molecule has 1 aromatic rings. The normalized spacial score (nSPS) is 19.2. The number of nitrogens with one attached hydrogen (secondary N) is 1. The summed E-state index contributed by atoms with van der Waals surface area (Å²) in [5.74, 6) is 2.81. The molecule has 0 spiro atoms. The minimum atomic E-state index is 0.621. The van der Waals surface area contributed by atoms with Crippen LogP contribution in [0, 0.1) is 5.92 Å². The van der Waals surface area contributed by atoms with Gasteiger partial charge in [-0.2, -0.15) is 0 Å². The van der Waals surface area contributed by atoms with E-state index in [1.165, 1.54) is 18.4 Å². The van der Waals surface area contributed by atoms with E-state index in [-0.39, 0.29) is 0 Å². The van der Waals surface area contributed by atoms with Gasteiger partial charge in [0.25, 0.3) is 0 Å². The summed E-state index contributed by atoms with van der Waals surface area (Å²) in [5, 5.41) is 3.21. The molecule has 0 bridgehead atoms. The molecule has 1 aliphatic rings. The number of hydrogen-bond donors (Lipinski definition) is 1. The van der Waals surface area contributed by atoms with E-state index in [0.717, 1.165) is 31.0 Å². The van der Waals surface area contributed by atoms with Crippen LogP contribution < -0.4 is 10.2 Å². The molecule has 2 rings (SSSR count). The van der Waals surface area contributed by atoms with Crippen molar-refractivity contribution >= 4 is 11.6 Å². The fourth-order valence-electron chi connectivity index (χ4n) is 3.09. The van der Waals surface area contributed by atoms with E-state index in [2.05, 4.69) is 41.0 Å². The van der Waals surface area contributed by atoms with Gasteiger partial charge in [-0.1, -0.05) is 27.2 Å². The van der Waals surface area contributed by atoms with Gasteiger partial charge in [0.05, 0.1) is 0 Å². The van der Waals surface area contributed by atoms with Crippen molar-refractivity contribution in [2.75, 3.05) is 23.8 Å². The summed E-state index contributed by atoms with van der Waals surface area (Å²) in [6.45, 7) is 7.95. The highest BCUT2D eigenvalue weighted by Gasteiger charge is 2.30. The molecule has 1 fully saturated rings. The Morgan fingerprint density at radius 3 is 2.84 bits per heavy atom. The zero-order valence-electron chi connectivity index (χ0n) is 12.6. The monoisotopic (exact) mass is 262 g/mol. The Bertz CT molecular complexity index is 417. The Balaban J connectivity index is 2.37. The molecule has 0 radical (unpaired) electrons. The van der Waals surface area contributed by atoms with Gasteiger partial charge < -0.3 is 10.2 Å². The van der Waals surface area contributed by atoms with Crippen LogP contribution in [0.3, 0.4) is 0 Å². The van der Waals surface area contributed by atoms with Gasteiger partial charge in [0, 0.05) is 25.2 Å². The first-order chi connectivity index (χ1) is 9.19. The Morgan fingerprint density at radius 1 is 1.42 bits per heavy atom. The van der Waals surface area contributed by atoms with Crippen molar-refractivity contribution < 1.29 is 0 Å². The Kier molecular flexibility index (Phi) is 4.61.